The van der Waals surface area contributed by atoms with Gasteiger partial charge >= 0.3 is 0 Å². The lowest BCUT2D eigenvalue weighted by Gasteiger charge is -2.24. The first kappa shape index (κ1) is 14.2. The summed E-state index contributed by atoms with van der Waals surface area (Å²) >= 11 is 5.67. The average molecular weight is 264 g/mol. The SMILES string of the molecule is COc1cc(F)c(C(CCCl)N(C)C)cc1F. The quantitative estimate of drug-likeness (QED) is 0.757. The van der Waals surface area contributed by atoms with Gasteiger partial charge in [0.25, 0.3) is 0 Å². The number of rotatable bonds is 5. The van der Waals surface area contributed by atoms with Crippen LogP contribution in [0.15, 0.2) is 12.1 Å². The van der Waals surface area contributed by atoms with Gasteiger partial charge in [0, 0.05) is 23.6 Å². The van der Waals surface area contributed by atoms with Crippen molar-refractivity contribution in [1.29, 1.82) is 0 Å². The lowest BCUT2D eigenvalue weighted by Crippen LogP contribution is -2.21. The van der Waals surface area contributed by atoms with Gasteiger partial charge in [-0.05, 0) is 26.6 Å². The van der Waals surface area contributed by atoms with E-state index in [0.717, 1.165) is 6.07 Å². The Kier molecular flexibility index (Phi) is 5.15. The minimum atomic E-state index is -0.565. The van der Waals surface area contributed by atoms with Gasteiger partial charge in [0.1, 0.15) is 5.82 Å². The molecule has 0 aliphatic rings. The zero-order valence-corrected chi connectivity index (χ0v) is 10.9. The van der Waals surface area contributed by atoms with Crippen LogP contribution in [0.2, 0.25) is 0 Å². The minimum absolute atomic E-state index is 0.0883. The van der Waals surface area contributed by atoms with Gasteiger partial charge in [-0.3, -0.25) is 0 Å². The van der Waals surface area contributed by atoms with Crippen LogP contribution in [-0.4, -0.2) is 32.0 Å². The molecule has 0 saturated carbocycles. The molecule has 17 heavy (non-hydrogen) atoms. The number of benzene rings is 1. The van der Waals surface area contributed by atoms with Gasteiger partial charge < -0.3 is 9.64 Å². The lowest BCUT2D eigenvalue weighted by molar-refractivity contribution is 0.283. The van der Waals surface area contributed by atoms with Crippen molar-refractivity contribution in [3.8, 4) is 5.75 Å². The van der Waals surface area contributed by atoms with Gasteiger partial charge in [-0.1, -0.05) is 0 Å². The Labute approximate surface area is 105 Å². The highest BCUT2D eigenvalue weighted by atomic mass is 35.5. The Bertz CT molecular complexity index is 385. The Morgan fingerprint density at radius 3 is 2.41 bits per heavy atom. The second kappa shape index (κ2) is 6.17. The topological polar surface area (TPSA) is 12.5 Å². The Morgan fingerprint density at radius 2 is 1.94 bits per heavy atom. The molecular formula is C12H16ClF2NO. The third-order valence-electron chi connectivity index (χ3n) is 2.64. The van der Waals surface area contributed by atoms with Crippen LogP contribution in [0.1, 0.15) is 18.0 Å². The Balaban J connectivity index is 3.15. The van der Waals surface area contributed by atoms with Gasteiger partial charge in [0.15, 0.2) is 11.6 Å². The van der Waals surface area contributed by atoms with Crippen molar-refractivity contribution in [2.45, 2.75) is 12.5 Å². The molecule has 0 heterocycles. The molecule has 0 radical (unpaired) electrons. The molecule has 0 bridgehead atoms. The molecular weight excluding hydrogens is 248 g/mol. The highest BCUT2D eigenvalue weighted by molar-refractivity contribution is 6.17. The fourth-order valence-electron chi connectivity index (χ4n) is 1.75. The van der Waals surface area contributed by atoms with E-state index in [2.05, 4.69) is 0 Å². The molecule has 0 aliphatic heterocycles. The van der Waals surface area contributed by atoms with Crippen LogP contribution >= 0.6 is 11.6 Å². The van der Waals surface area contributed by atoms with Gasteiger partial charge in [0.2, 0.25) is 0 Å². The highest BCUT2D eigenvalue weighted by Crippen LogP contribution is 2.29. The molecule has 1 aromatic rings. The zero-order chi connectivity index (χ0) is 13.0. The minimum Gasteiger partial charge on any atom is -0.494 e. The van der Waals surface area contributed by atoms with Crippen molar-refractivity contribution in [3.63, 3.8) is 0 Å². The summed E-state index contributed by atoms with van der Waals surface area (Å²) in [6.45, 7) is 0. The number of halogens is 3. The molecule has 0 saturated heterocycles. The summed E-state index contributed by atoms with van der Waals surface area (Å²) in [6.07, 6.45) is 0.553. The van der Waals surface area contributed by atoms with Crippen LogP contribution in [0.25, 0.3) is 0 Å². The smallest absolute Gasteiger partial charge is 0.165 e. The van der Waals surface area contributed by atoms with E-state index in [1.807, 2.05) is 4.90 Å². The van der Waals surface area contributed by atoms with Crippen molar-refractivity contribution < 1.29 is 13.5 Å². The van der Waals surface area contributed by atoms with E-state index < -0.39 is 11.6 Å². The van der Waals surface area contributed by atoms with Crippen LogP contribution in [0.3, 0.4) is 0 Å². The van der Waals surface area contributed by atoms with Crippen molar-refractivity contribution >= 4 is 11.6 Å². The average Bonchev–Trinajstić information content (AvgIpc) is 2.28. The van der Waals surface area contributed by atoms with E-state index >= 15 is 0 Å². The summed E-state index contributed by atoms with van der Waals surface area (Å²) in [4.78, 5) is 1.81. The maximum absolute atomic E-state index is 13.8. The van der Waals surface area contributed by atoms with E-state index in [4.69, 9.17) is 16.3 Å². The van der Waals surface area contributed by atoms with Crippen LogP contribution < -0.4 is 4.74 Å². The molecule has 1 atom stereocenters. The molecule has 0 N–H and O–H groups in total. The molecule has 1 rings (SSSR count). The predicted molar refractivity (Wildman–Crippen MR) is 64.7 cm³/mol. The number of hydrogen-bond acceptors (Lipinski definition) is 2. The summed E-state index contributed by atoms with van der Waals surface area (Å²) in [5, 5.41) is 0. The molecule has 0 aromatic heterocycles. The Morgan fingerprint density at radius 1 is 1.29 bits per heavy atom. The first-order chi connectivity index (χ1) is 8.01. The molecule has 0 fully saturated rings. The first-order valence-corrected chi connectivity index (χ1v) is 5.80. The van der Waals surface area contributed by atoms with Crippen LogP contribution in [0.5, 0.6) is 5.75 Å². The number of nitrogens with zero attached hydrogens (tertiary/aromatic N) is 1. The van der Waals surface area contributed by atoms with Gasteiger partial charge in [-0.15, -0.1) is 11.6 Å². The molecule has 1 aromatic carbocycles. The van der Waals surface area contributed by atoms with Gasteiger partial charge in [0.05, 0.1) is 7.11 Å². The van der Waals surface area contributed by atoms with E-state index in [0.29, 0.717) is 17.9 Å². The normalized spacial score (nSPS) is 12.9. The van der Waals surface area contributed by atoms with Crippen molar-refractivity contribution in [3.05, 3.63) is 29.3 Å². The van der Waals surface area contributed by atoms with E-state index in [1.165, 1.54) is 13.2 Å². The molecule has 96 valence electrons. The van der Waals surface area contributed by atoms with E-state index in [9.17, 15) is 8.78 Å². The van der Waals surface area contributed by atoms with Crippen LogP contribution in [0.4, 0.5) is 8.78 Å². The second-order valence-electron chi connectivity index (χ2n) is 3.97. The second-order valence-corrected chi connectivity index (χ2v) is 4.34. The zero-order valence-electron chi connectivity index (χ0n) is 10.1. The number of methoxy groups -OCH3 is 1. The maximum atomic E-state index is 13.8. The molecule has 0 spiro atoms. The lowest BCUT2D eigenvalue weighted by atomic mass is 10.0. The fraction of sp³-hybridized carbons (Fsp3) is 0.500. The summed E-state index contributed by atoms with van der Waals surface area (Å²) < 4.78 is 32.1. The number of ether oxygens (including phenoxy) is 1. The summed E-state index contributed by atoms with van der Waals surface area (Å²) in [5.74, 6) is -0.748. The van der Waals surface area contributed by atoms with Gasteiger partial charge in [-0.2, -0.15) is 0 Å². The van der Waals surface area contributed by atoms with Crippen LogP contribution in [-0.2, 0) is 0 Å². The third-order valence-corrected chi connectivity index (χ3v) is 2.85. The molecule has 0 amide bonds. The van der Waals surface area contributed by atoms with Crippen molar-refractivity contribution in [1.82, 2.24) is 4.90 Å². The molecule has 5 heteroatoms. The fourth-order valence-corrected chi connectivity index (χ4v) is 1.96. The van der Waals surface area contributed by atoms with Crippen LogP contribution in [0, 0.1) is 11.6 Å². The Hall–Kier alpha value is -0.870. The molecule has 1 unspecified atom stereocenters. The molecule has 0 aliphatic carbocycles. The number of hydrogen-bond donors (Lipinski definition) is 0. The number of alkyl halides is 1. The first-order valence-electron chi connectivity index (χ1n) is 5.26. The predicted octanol–water partition coefficient (Wildman–Crippen LogP) is 3.21. The summed E-state index contributed by atoms with van der Waals surface area (Å²) in [6, 6.07) is 1.99. The van der Waals surface area contributed by atoms with Crippen molar-refractivity contribution in [2.75, 3.05) is 27.1 Å². The standard InChI is InChI=1S/C12H16ClF2NO/c1-16(2)11(4-5-13)8-6-10(15)12(17-3)7-9(8)14/h6-7,11H,4-5H2,1-3H3. The monoisotopic (exact) mass is 263 g/mol. The summed E-state index contributed by atoms with van der Waals surface area (Å²) in [5.41, 5.74) is 0.300. The van der Waals surface area contributed by atoms with E-state index in [1.54, 1.807) is 14.1 Å². The largest absolute Gasteiger partial charge is 0.494 e. The summed E-state index contributed by atoms with van der Waals surface area (Å²) in [7, 11) is 4.91. The van der Waals surface area contributed by atoms with Gasteiger partial charge in [-0.25, -0.2) is 8.78 Å². The molecule has 2 nitrogen and oxygen atoms in total. The highest BCUT2D eigenvalue weighted by Gasteiger charge is 2.20. The third kappa shape index (κ3) is 3.30. The van der Waals surface area contributed by atoms with E-state index in [-0.39, 0.29) is 11.8 Å². The maximum Gasteiger partial charge on any atom is 0.165 e. The van der Waals surface area contributed by atoms with Crippen molar-refractivity contribution in [2.24, 2.45) is 0 Å².